The van der Waals surface area contributed by atoms with Gasteiger partial charge in [-0.1, -0.05) is 16.8 Å². The van der Waals surface area contributed by atoms with Gasteiger partial charge in [0.15, 0.2) is 16.3 Å². The van der Waals surface area contributed by atoms with Gasteiger partial charge >= 0.3 is 6.09 Å². The van der Waals surface area contributed by atoms with Crippen molar-refractivity contribution >= 4 is 34.6 Å². The SMILES string of the molecule is CC(C)(C)OC(=O)N1CC=C(n2nnc3c(Cl)ncnc32)CCC1. The Labute approximate surface area is 144 Å². The number of nitrogens with zero attached hydrogens (tertiary/aromatic N) is 6. The Morgan fingerprint density at radius 1 is 1.33 bits per heavy atom. The standard InChI is InChI=1S/C15H19ClN6O2/c1-15(2,3)24-14(23)21-7-4-5-10(6-8-21)22-13-11(19-20-22)12(16)17-9-18-13/h6,9H,4-5,7-8H2,1-3H3. The molecule has 0 aromatic carbocycles. The van der Waals surface area contributed by atoms with Crippen LogP contribution in [0.1, 0.15) is 33.6 Å². The average molecular weight is 351 g/mol. The molecular formula is C15H19ClN6O2. The Bertz CT molecular complexity index is 795. The third-order valence-corrected chi connectivity index (χ3v) is 3.80. The fourth-order valence-electron chi connectivity index (χ4n) is 2.46. The summed E-state index contributed by atoms with van der Waals surface area (Å²) >= 11 is 6.01. The van der Waals surface area contributed by atoms with Gasteiger partial charge in [0.25, 0.3) is 0 Å². The number of halogens is 1. The molecule has 0 spiro atoms. The Balaban J connectivity index is 1.82. The molecule has 0 unspecified atom stereocenters. The van der Waals surface area contributed by atoms with Crippen molar-refractivity contribution in [2.75, 3.05) is 13.1 Å². The molecule has 0 radical (unpaired) electrons. The second-order valence-corrected chi connectivity index (χ2v) is 6.92. The quantitative estimate of drug-likeness (QED) is 0.735. The van der Waals surface area contributed by atoms with Gasteiger partial charge in [-0.3, -0.25) is 0 Å². The highest BCUT2D eigenvalue weighted by Gasteiger charge is 2.23. The van der Waals surface area contributed by atoms with E-state index in [0.29, 0.717) is 24.3 Å². The lowest BCUT2D eigenvalue weighted by Crippen LogP contribution is -2.37. The number of aromatic nitrogens is 5. The van der Waals surface area contributed by atoms with E-state index in [-0.39, 0.29) is 11.2 Å². The zero-order chi connectivity index (χ0) is 17.3. The van der Waals surface area contributed by atoms with Crippen LogP contribution in [0, 0.1) is 0 Å². The Hall–Kier alpha value is -2.22. The predicted octanol–water partition coefficient (Wildman–Crippen LogP) is 2.75. The number of rotatable bonds is 1. The molecule has 9 heteroatoms. The first-order valence-electron chi connectivity index (χ1n) is 7.74. The summed E-state index contributed by atoms with van der Waals surface area (Å²) in [6.07, 6.45) is 4.56. The second-order valence-electron chi connectivity index (χ2n) is 6.56. The topological polar surface area (TPSA) is 86.0 Å². The van der Waals surface area contributed by atoms with E-state index in [9.17, 15) is 4.79 Å². The van der Waals surface area contributed by atoms with Crippen molar-refractivity contribution in [3.63, 3.8) is 0 Å². The molecule has 0 atom stereocenters. The Kier molecular flexibility index (Phi) is 4.40. The molecule has 0 N–H and O–H groups in total. The third-order valence-electron chi connectivity index (χ3n) is 3.53. The van der Waals surface area contributed by atoms with Gasteiger partial charge < -0.3 is 9.64 Å². The molecule has 128 valence electrons. The first-order valence-corrected chi connectivity index (χ1v) is 8.12. The van der Waals surface area contributed by atoms with E-state index in [1.54, 1.807) is 9.58 Å². The molecule has 3 rings (SSSR count). The molecular weight excluding hydrogens is 332 g/mol. The van der Waals surface area contributed by atoms with Crippen molar-refractivity contribution in [1.29, 1.82) is 0 Å². The fraction of sp³-hybridized carbons (Fsp3) is 0.533. The first kappa shape index (κ1) is 16.6. The van der Waals surface area contributed by atoms with E-state index in [1.807, 2.05) is 26.8 Å². The molecule has 0 saturated carbocycles. The van der Waals surface area contributed by atoms with Crippen LogP contribution in [0.2, 0.25) is 5.15 Å². The maximum atomic E-state index is 12.2. The summed E-state index contributed by atoms with van der Waals surface area (Å²) in [5.74, 6) is 0. The van der Waals surface area contributed by atoms with Gasteiger partial charge in [0.2, 0.25) is 0 Å². The number of carbonyl (C=O) groups excluding carboxylic acids is 1. The van der Waals surface area contributed by atoms with Gasteiger partial charge in [0.1, 0.15) is 11.9 Å². The van der Waals surface area contributed by atoms with Crippen molar-refractivity contribution in [3.8, 4) is 0 Å². The minimum absolute atomic E-state index is 0.274. The molecule has 1 aliphatic rings. The van der Waals surface area contributed by atoms with Crippen molar-refractivity contribution in [2.45, 2.75) is 39.2 Å². The smallest absolute Gasteiger partial charge is 0.410 e. The van der Waals surface area contributed by atoms with E-state index in [1.165, 1.54) is 6.33 Å². The summed E-state index contributed by atoms with van der Waals surface area (Å²) in [6.45, 7) is 6.64. The number of ether oxygens (including phenoxy) is 1. The van der Waals surface area contributed by atoms with E-state index in [2.05, 4.69) is 20.3 Å². The summed E-state index contributed by atoms with van der Waals surface area (Å²) < 4.78 is 7.08. The zero-order valence-electron chi connectivity index (χ0n) is 13.9. The lowest BCUT2D eigenvalue weighted by atomic mass is 10.2. The van der Waals surface area contributed by atoms with Crippen LogP contribution in [0.4, 0.5) is 4.79 Å². The van der Waals surface area contributed by atoms with E-state index >= 15 is 0 Å². The number of allylic oxidation sites excluding steroid dienone is 1. The lowest BCUT2D eigenvalue weighted by molar-refractivity contribution is 0.0273. The summed E-state index contributed by atoms with van der Waals surface area (Å²) in [5.41, 5.74) is 1.45. The lowest BCUT2D eigenvalue weighted by Gasteiger charge is -2.25. The molecule has 3 heterocycles. The van der Waals surface area contributed by atoms with Crippen LogP contribution in [-0.4, -0.2) is 54.6 Å². The average Bonchev–Trinajstić information content (AvgIpc) is 2.77. The van der Waals surface area contributed by atoms with Gasteiger partial charge in [0, 0.05) is 18.8 Å². The van der Waals surface area contributed by atoms with E-state index in [4.69, 9.17) is 16.3 Å². The van der Waals surface area contributed by atoms with Crippen molar-refractivity contribution in [1.82, 2.24) is 29.9 Å². The van der Waals surface area contributed by atoms with Crippen LogP contribution in [0.15, 0.2) is 12.4 Å². The number of amides is 1. The molecule has 1 aliphatic heterocycles. The van der Waals surface area contributed by atoms with Gasteiger partial charge in [-0.25, -0.2) is 14.8 Å². The Morgan fingerprint density at radius 3 is 2.88 bits per heavy atom. The molecule has 0 aliphatic carbocycles. The zero-order valence-corrected chi connectivity index (χ0v) is 14.6. The van der Waals surface area contributed by atoms with Gasteiger partial charge in [-0.15, -0.1) is 5.10 Å². The first-order chi connectivity index (χ1) is 11.3. The number of fused-ring (bicyclic) bond motifs is 1. The highest BCUT2D eigenvalue weighted by Crippen LogP contribution is 2.23. The normalized spacial score (nSPS) is 16.0. The summed E-state index contributed by atoms with van der Waals surface area (Å²) in [4.78, 5) is 22.0. The molecule has 0 saturated heterocycles. The Morgan fingerprint density at radius 2 is 2.12 bits per heavy atom. The highest BCUT2D eigenvalue weighted by molar-refractivity contribution is 6.33. The highest BCUT2D eigenvalue weighted by atomic mass is 35.5. The molecule has 1 amide bonds. The molecule has 0 fully saturated rings. The minimum atomic E-state index is -0.508. The monoisotopic (exact) mass is 350 g/mol. The summed E-state index contributed by atoms with van der Waals surface area (Å²) in [5, 5.41) is 8.44. The minimum Gasteiger partial charge on any atom is -0.444 e. The van der Waals surface area contributed by atoms with Crippen LogP contribution >= 0.6 is 11.6 Å². The van der Waals surface area contributed by atoms with Crippen molar-refractivity contribution in [3.05, 3.63) is 17.6 Å². The van der Waals surface area contributed by atoms with Gasteiger partial charge in [-0.05, 0) is 39.7 Å². The van der Waals surface area contributed by atoms with Gasteiger partial charge in [-0.2, -0.15) is 4.68 Å². The van der Waals surface area contributed by atoms with Gasteiger partial charge in [0.05, 0.1) is 0 Å². The summed E-state index contributed by atoms with van der Waals surface area (Å²) in [6, 6.07) is 0. The van der Waals surface area contributed by atoms with E-state index in [0.717, 1.165) is 18.5 Å². The number of carbonyl (C=O) groups is 1. The summed E-state index contributed by atoms with van der Waals surface area (Å²) in [7, 11) is 0. The number of hydrogen-bond donors (Lipinski definition) is 0. The van der Waals surface area contributed by atoms with Crippen molar-refractivity contribution < 1.29 is 9.53 Å². The fourth-order valence-corrected chi connectivity index (χ4v) is 2.63. The molecule has 2 aromatic heterocycles. The predicted molar refractivity (Wildman–Crippen MR) is 89.4 cm³/mol. The largest absolute Gasteiger partial charge is 0.444 e. The van der Waals surface area contributed by atoms with Crippen LogP contribution < -0.4 is 0 Å². The van der Waals surface area contributed by atoms with E-state index < -0.39 is 5.60 Å². The molecule has 8 nitrogen and oxygen atoms in total. The number of hydrogen-bond acceptors (Lipinski definition) is 6. The maximum Gasteiger partial charge on any atom is 0.410 e. The third kappa shape index (κ3) is 3.48. The van der Waals surface area contributed by atoms with Crippen molar-refractivity contribution in [2.24, 2.45) is 0 Å². The molecule has 2 aromatic rings. The van der Waals surface area contributed by atoms with Crippen LogP contribution in [0.3, 0.4) is 0 Å². The van der Waals surface area contributed by atoms with Crippen LogP contribution in [0.5, 0.6) is 0 Å². The second kappa shape index (κ2) is 6.35. The van der Waals surface area contributed by atoms with Crippen LogP contribution in [0.25, 0.3) is 16.9 Å². The maximum absolute atomic E-state index is 12.2. The molecule has 0 bridgehead atoms. The molecule has 24 heavy (non-hydrogen) atoms. The van der Waals surface area contributed by atoms with Crippen LogP contribution in [-0.2, 0) is 4.74 Å².